The van der Waals surface area contributed by atoms with Gasteiger partial charge in [-0.3, -0.25) is 0 Å². The zero-order valence-electron chi connectivity index (χ0n) is 26.2. The number of aromatic amines is 2. The third-order valence-electron chi connectivity index (χ3n) is 8.97. The van der Waals surface area contributed by atoms with Gasteiger partial charge in [0.2, 0.25) is 0 Å². The molecule has 217 valence electrons. The molecule has 0 spiro atoms. The average molecular weight is 594 g/mol. The van der Waals surface area contributed by atoms with Crippen LogP contribution in [0.1, 0.15) is 126 Å². The first-order valence-electron chi connectivity index (χ1n) is 15.7. The number of aromatic nitrogens is 4. The number of nitrogens with one attached hydrogen (secondary N) is 2. The fourth-order valence-corrected chi connectivity index (χ4v) is 7.10. The van der Waals surface area contributed by atoms with Crippen LogP contribution in [0, 0.1) is 0 Å². The molecule has 1 radical (unpaired) electrons. The van der Waals surface area contributed by atoms with E-state index < -0.39 is 0 Å². The molecule has 0 amide bonds. The van der Waals surface area contributed by atoms with Gasteiger partial charge in [0.15, 0.2) is 0 Å². The molecule has 3 aromatic rings. The molecule has 5 heteroatoms. The van der Waals surface area contributed by atoms with Crippen LogP contribution in [0.3, 0.4) is 0 Å². The maximum atomic E-state index is 5.28. The number of hydrogen-bond acceptors (Lipinski definition) is 2. The topological polar surface area (TPSA) is 57.4 Å². The van der Waals surface area contributed by atoms with Gasteiger partial charge in [0.25, 0.3) is 0 Å². The minimum atomic E-state index is 0. The monoisotopic (exact) mass is 593 g/mol. The summed E-state index contributed by atoms with van der Waals surface area (Å²) in [4.78, 5) is 18.2. The number of aryl methyl sites for hydroxylation is 4. The van der Waals surface area contributed by atoms with E-state index in [4.69, 9.17) is 9.97 Å². The molecule has 4 nitrogen and oxygen atoms in total. The summed E-state index contributed by atoms with van der Waals surface area (Å²) in [5.41, 5.74) is 20.2. The van der Waals surface area contributed by atoms with E-state index in [9.17, 15) is 0 Å². The minimum absolute atomic E-state index is 0. The summed E-state index contributed by atoms with van der Waals surface area (Å²) < 4.78 is 0. The standard InChI is InChI=1S/C36H46N4.Co/c1-9-21-22(10-2)30-18-32-25(13-5)26(14-6)34(39-32)20-36-28(16-8)27(15-7)35(40-36)19-33-24(12-4)23(11-3)31(38-33)17-29(21)37-30;/h17-20,37-38H,9-16H2,1-8H3;/q;+2. The molecule has 0 aliphatic carbocycles. The Morgan fingerprint density at radius 2 is 0.659 bits per heavy atom. The van der Waals surface area contributed by atoms with E-state index in [2.05, 4.69) is 89.6 Å². The van der Waals surface area contributed by atoms with Crippen LogP contribution in [0.5, 0.6) is 0 Å². The second-order valence-electron chi connectivity index (χ2n) is 10.9. The quantitative estimate of drug-likeness (QED) is 0.273. The second-order valence-corrected chi connectivity index (χ2v) is 10.9. The van der Waals surface area contributed by atoms with E-state index in [-0.39, 0.29) is 16.8 Å². The number of H-pyrrole nitrogens is 2. The van der Waals surface area contributed by atoms with Gasteiger partial charge in [-0.25, -0.2) is 9.97 Å². The molecule has 8 bridgehead atoms. The predicted octanol–water partition coefficient (Wildman–Crippen LogP) is 10.0. The van der Waals surface area contributed by atoms with E-state index in [0.717, 1.165) is 74.1 Å². The molecule has 5 heterocycles. The largest absolute Gasteiger partial charge is 2.00 e. The van der Waals surface area contributed by atoms with Gasteiger partial charge in [-0.1, -0.05) is 55.4 Å². The van der Waals surface area contributed by atoms with Crippen LogP contribution in [0.15, 0.2) is 24.3 Å². The zero-order valence-corrected chi connectivity index (χ0v) is 27.2. The van der Waals surface area contributed by atoms with Crippen molar-refractivity contribution in [2.24, 2.45) is 0 Å². The maximum Gasteiger partial charge on any atom is 2.00 e. The van der Waals surface area contributed by atoms with E-state index >= 15 is 0 Å². The van der Waals surface area contributed by atoms with E-state index in [1.807, 2.05) is 0 Å². The fraction of sp³-hybridized carbons (Fsp3) is 0.444. The summed E-state index contributed by atoms with van der Waals surface area (Å²) in [7, 11) is 0. The Morgan fingerprint density at radius 3 is 0.927 bits per heavy atom. The zero-order chi connectivity index (χ0) is 28.6. The van der Waals surface area contributed by atoms with Crippen molar-refractivity contribution in [1.82, 2.24) is 19.9 Å². The van der Waals surface area contributed by atoms with Crippen molar-refractivity contribution in [3.05, 3.63) is 69.3 Å². The molecule has 2 aliphatic rings. The van der Waals surface area contributed by atoms with Gasteiger partial charge in [-0.05, 0) is 120 Å². The van der Waals surface area contributed by atoms with Crippen molar-refractivity contribution < 1.29 is 16.8 Å². The van der Waals surface area contributed by atoms with E-state index in [0.29, 0.717) is 0 Å². The summed E-state index contributed by atoms with van der Waals surface area (Å²) >= 11 is 0. The number of allylic oxidation sites excluding steroid dienone is 4. The summed E-state index contributed by atoms with van der Waals surface area (Å²) in [6.45, 7) is 18.1. The van der Waals surface area contributed by atoms with Crippen LogP contribution in [-0.4, -0.2) is 19.9 Å². The van der Waals surface area contributed by atoms with Gasteiger partial charge in [-0.15, -0.1) is 0 Å². The molecule has 0 saturated heterocycles. The molecule has 0 saturated carbocycles. The van der Waals surface area contributed by atoms with Gasteiger partial charge in [0.1, 0.15) is 0 Å². The van der Waals surface area contributed by atoms with Crippen LogP contribution in [0.2, 0.25) is 0 Å². The molecule has 0 fully saturated rings. The summed E-state index contributed by atoms with van der Waals surface area (Å²) in [5, 5.41) is 0. The maximum absolute atomic E-state index is 5.28. The molecule has 2 aliphatic heterocycles. The Kier molecular flexibility index (Phi) is 9.81. The first-order valence-corrected chi connectivity index (χ1v) is 15.7. The van der Waals surface area contributed by atoms with E-state index in [1.54, 1.807) is 0 Å². The number of fused-ring (bicyclic) bond motifs is 8. The fourth-order valence-electron chi connectivity index (χ4n) is 7.10. The smallest absolute Gasteiger partial charge is 0.355 e. The van der Waals surface area contributed by atoms with Gasteiger partial charge in [-0.2, -0.15) is 0 Å². The van der Waals surface area contributed by atoms with Crippen LogP contribution < -0.4 is 0 Å². The average Bonchev–Trinajstić information content (AvgIpc) is 3.67. The van der Waals surface area contributed by atoms with Crippen molar-refractivity contribution in [2.75, 3.05) is 0 Å². The Bertz CT molecular complexity index is 1560. The molecule has 0 atom stereocenters. The number of hydrogen-bond donors (Lipinski definition) is 2. The summed E-state index contributed by atoms with van der Waals surface area (Å²) in [5.74, 6) is 0. The molecule has 2 N–H and O–H groups in total. The molecule has 41 heavy (non-hydrogen) atoms. The molecular formula is C36H46CoN4+2. The van der Waals surface area contributed by atoms with Crippen molar-refractivity contribution in [2.45, 2.75) is 107 Å². The second kappa shape index (κ2) is 13.0. The molecule has 0 aromatic carbocycles. The van der Waals surface area contributed by atoms with Crippen LogP contribution in [0.25, 0.3) is 44.4 Å². The Hall–Kier alpha value is -2.89. The Morgan fingerprint density at radius 1 is 0.390 bits per heavy atom. The van der Waals surface area contributed by atoms with Crippen molar-refractivity contribution >= 4 is 44.4 Å². The van der Waals surface area contributed by atoms with Crippen LogP contribution >= 0.6 is 0 Å². The van der Waals surface area contributed by atoms with Crippen molar-refractivity contribution in [3.63, 3.8) is 0 Å². The van der Waals surface area contributed by atoms with Crippen molar-refractivity contribution in [3.8, 4) is 0 Å². The van der Waals surface area contributed by atoms with Gasteiger partial charge in [0, 0.05) is 22.1 Å². The third kappa shape index (κ3) is 5.28. The summed E-state index contributed by atoms with van der Waals surface area (Å²) in [6, 6.07) is 9.24. The Balaban J connectivity index is 0.00000387. The molecule has 0 unspecified atom stereocenters. The normalized spacial score (nSPS) is 13.3. The molecule has 3 aromatic heterocycles. The van der Waals surface area contributed by atoms with Crippen molar-refractivity contribution in [1.29, 1.82) is 0 Å². The number of nitrogens with zero attached hydrogens (tertiary/aromatic N) is 2. The third-order valence-corrected chi connectivity index (χ3v) is 8.97. The van der Waals surface area contributed by atoms with Gasteiger partial charge in [0.05, 0.1) is 22.8 Å². The van der Waals surface area contributed by atoms with Crippen LogP contribution in [0.4, 0.5) is 0 Å². The first kappa shape index (κ1) is 31.1. The Labute approximate surface area is 256 Å². The molecule has 5 rings (SSSR count). The van der Waals surface area contributed by atoms with Crippen LogP contribution in [-0.2, 0) is 42.5 Å². The predicted molar refractivity (Wildman–Crippen MR) is 173 cm³/mol. The number of rotatable bonds is 8. The first-order chi connectivity index (χ1) is 19.5. The minimum Gasteiger partial charge on any atom is -0.355 e. The summed E-state index contributed by atoms with van der Waals surface area (Å²) in [6.07, 6.45) is 7.84. The van der Waals surface area contributed by atoms with E-state index in [1.165, 1.54) is 66.6 Å². The van der Waals surface area contributed by atoms with Gasteiger partial charge < -0.3 is 9.97 Å². The SMILES string of the molecule is CCC1=C(CC)c2cc3[nH]c(cc4[nH]c(cc5nc(cc1n2)C(CC)=C5CC)c(CC)c4CC)c(CC)c3CC.[Co+2]. The molecular weight excluding hydrogens is 547 g/mol. The van der Waals surface area contributed by atoms with Gasteiger partial charge >= 0.3 is 16.8 Å².